The molecule has 3 nitrogen and oxygen atoms in total. The van der Waals surface area contributed by atoms with Crippen molar-refractivity contribution in [3.8, 4) is 0 Å². The Morgan fingerprint density at radius 1 is 1.53 bits per heavy atom. The van der Waals surface area contributed by atoms with Crippen LogP contribution in [-0.4, -0.2) is 18.8 Å². The number of hydrogen-bond donors (Lipinski definition) is 3. The first-order valence-electron chi connectivity index (χ1n) is 6.82. The zero-order chi connectivity index (χ0) is 13.7. The van der Waals surface area contributed by atoms with E-state index in [4.69, 9.17) is 5.73 Å². The van der Waals surface area contributed by atoms with Crippen LogP contribution < -0.4 is 16.4 Å². The zero-order valence-electron chi connectivity index (χ0n) is 11.4. The van der Waals surface area contributed by atoms with Crippen LogP contribution >= 0.6 is 0 Å². The molecule has 4 N–H and O–H groups in total. The number of hydrogen-bond acceptors (Lipinski definition) is 3. The average Bonchev–Trinajstić information content (AvgIpc) is 2.84. The van der Waals surface area contributed by atoms with E-state index < -0.39 is 0 Å². The first-order valence-corrected chi connectivity index (χ1v) is 6.82. The lowest BCUT2D eigenvalue weighted by Gasteiger charge is -2.17. The van der Waals surface area contributed by atoms with E-state index in [9.17, 15) is 0 Å². The number of rotatable bonds is 5. The van der Waals surface area contributed by atoms with Crippen molar-refractivity contribution in [2.24, 2.45) is 5.73 Å². The fraction of sp³-hybridized carbons (Fsp3) is 0.375. The van der Waals surface area contributed by atoms with Gasteiger partial charge in [0.05, 0.1) is 6.17 Å². The van der Waals surface area contributed by atoms with Crippen molar-refractivity contribution in [3.63, 3.8) is 0 Å². The monoisotopic (exact) mass is 257 g/mol. The second-order valence-electron chi connectivity index (χ2n) is 5.08. The quantitative estimate of drug-likeness (QED) is 0.661. The van der Waals surface area contributed by atoms with Gasteiger partial charge in [0.2, 0.25) is 0 Å². The van der Waals surface area contributed by atoms with E-state index in [0.29, 0.717) is 6.04 Å². The molecule has 2 aliphatic rings. The third-order valence-corrected chi connectivity index (χ3v) is 3.48. The van der Waals surface area contributed by atoms with Gasteiger partial charge in [-0.2, -0.15) is 0 Å². The van der Waals surface area contributed by atoms with Crippen molar-refractivity contribution in [1.29, 1.82) is 0 Å². The summed E-state index contributed by atoms with van der Waals surface area (Å²) in [7, 11) is 0. The van der Waals surface area contributed by atoms with Crippen LogP contribution in [0.25, 0.3) is 0 Å². The van der Waals surface area contributed by atoms with Gasteiger partial charge in [0.25, 0.3) is 0 Å². The standard InChI is InChI=1S/C16H23N3/c1-3-4-8-15-11-18-16(19-15)9-12(2)13-6-5-7-14(17)10-13/h3-4,6,8,10,15-16,18-19H,1-2,5,7,9,11,17H2/b8-4+. The van der Waals surface area contributed by atoms with Gasteiger partial charge in [-0.25, -0.2) is 0 Å². The van der Waals surface area contributed by atoms with Crippen LogP contribution in [0.5, 0.6) is 0 Å². The SMILES string of the molecule is C=C/C=C/C1CNC(CC(=C)C2=CCCC(N)=C2)N1. The molecule has 0 bridgehead atoms. The topological polar surface area (TPSA) is 50.1 Å². The normalized spacial score (nSPS) is 27.2. The van der Waals surface area contributed by atoms with Crippen molar-refractivity contribution in [2.45, 2.75) is 31.5 Å². The van der Waals surface area contributed by atoms with E-state index in [-0.39, 0.29) is 6.17 Å². The third kappa shape index (κ3) is 3.94. The fourth-order valence-electron chi connectivity index (χ4n) is 2.45. The second kappa shape index (κ2) is 6.55. The van der Waals surface area contributed by atoms with Gasteiger partial charge in [-0.3, -0.25) is 10.6 Å². The lowest BCUT2D eigenvalue weighted by atomic mass is 9.96. The van der Waals surface area contributed by atoms with E-state index in [0.717, 1.165) is 37.1 Å². The van der Waals surface area contributed by atoms with Crippen LogP contribution in [0.4, 0.5) is 0 Å². The average molecular weight is 257 g/mol. The lowest BCUT2D eigenvalue weighted by Crippen LogP contribution is -2.33. The van der Waals surface area contributed by atoms with E-state index in [2.05, 4.69) is 42.0 Å². The molecule has 0 aromatic carbocycles. The summed E-state index contributed by atoms with van der Waals surface area (Å²) in [6.45, 7) is 8.81. The molecule has 0 radical (unpaired) electrons. The summed E-state index contributed by atoms with van der Waals surface area (Å²) < 4.78 is 0. The number of nitrogens with two attached hydrogens (primary N) is 1. The van der Waals surface area contributed by atoms with Gasteiger partial charge >= 0.3 is 0 Å². The smallest absolute Gasteiger partial charge is 0.0618 e. The molecule has 3 heteroatoms. The molecule has 102 valence electrons. The highest BCUT2D eigenvalue weighted by Gasteiger charge is 2.21. The van der Waals surface area contributed by atoms with Gasteiger partial charge in [0, 0.05) is 24.7 Å². The number of nitrogens with one attached hydrogen (secondary N) is 2. The number of allylic oxidation sites excluding steroid dienone is 6. The van der Waals surface area contributed by atoms with Gasteiger partial charge in [-0.05, 0) is 30.1 Å². The van der Waals surface area contributed by atoms with E-state index in [1.807, 2.05) is 6.08 Å². The van der Waals surface area contributed by atoms with Crippen LogP contribution in [0, 0.1) is 0 Å². The summed E-state index contributed by atoms with van der Waals surface area (Å²) >= 11 is 0. The highest BCUT2D eigenvalue weighted by Crippen LogP contribution is 2.22. The maximum atomic E-state index is 5.88. The maximum absolute atomic E-state index is 5.88. The van der Waals surface area contributed by atoms with Gasteiger partial charge in [-0.1, -0.05) is 37.5 Å². The fourth-order valence-corrected chi connectivity index (χ4v) is 2.45. The van der Waals surface area contributed by atoms with Crippen molar-refractivity contribution in [1.82, 2.24) is 10.6 Å². The van der Waals surface area contributed by atoms with Crippen LogP contribution in [0.1, 0.15) is 19.3 Å². The lowest BCUT2D eigenvalue weighted by molar-refractivity contribution is 0.539. The highest BCUT2D eigenvalue weighted by molar-refractivity contribution is 5.41. The summed E-state index contributed by atoms with van der Waals surface area (Å²) in [6.07, 6.45) is 13.3. The van der Waals surface area contributed by atoms with Gasteiger partial charge in [0.1, 0.15) is 0 Å². The molecule has 19 heavy (non-hydrogen) atoms. The van der Waals surface area contributed by atoms with E-state index >= 15 is 0 Å². The predicted molar refractivity (Wildman–Crippen MR) is 81.4 cm³/mol. The third-order valence-electron chi connectivity index (χ3n) is 3.48. The Morgan fingerprint density at radius 3 is 3.11 bits per heavy atom. The molecule has 2 atom stereocenters. The van der Waals surface area contributed by atoms with Crippen LogP contribution in [0.15, 0.2) is 60.4 Å². The summed E-state index contributed by atoms with van der Waals surface area (Å²) in [5.74, 6) is 0. The van der Waals surface area contributed by atoms with Crippen LogP contribution in [0.2, 0.25) is 0 Å². The first-order chi connectivity index (χ1) is 9.19. The largest absolute Gasteiger partial charge is 0.402 e. The molecule has 0 spiro atoms. The van der Waals surface area contributed by atoms with Crippen molar-refractivity contribution >= 4 is 0 Å². The molecule has 1 heterocycles. The Morgan fingerprint density at radius 2 is 2.37 bits per heavy atom. The Labute approximate surface area is 115 Å². The van der Waals surface area contributed by atoms with E-state index in [1.54, 1.807) is 6.08 Å². The summed E-state index contributed by atoms with van der Waals surface area (Å²) in [6, 6.07) is 0.372. The van der Waals surface area contributed by atoms with Crippen molar-refractivity contribution < 1.29 is 0 Å². The second-order valence-corrected chi connectivity index (χ2v) is 5.08. The molecule has 0 saturated carbocycles. The molecule has 2 unspecified atom stereocenters. The summed E-state index contributed by atoms with van der Waals surface area (Å²) in [5.41, 5.74) is 9.17. The molecule has 0 aromatic heterocycles. The first kappa shape index (κ1) is 13.8. The Bertz CT molecular complexity index is 443. The minimum atomic E-state index is 0.282. The Hall–Kier alpha value is -1.58. The van der Waals surface area contributed by atoms with Crippen LogP contribution in [0.3, 0.4) is 0 Å². The Kier molecular flexibility index (Phi) is 4.77. The molecule has 1 aliphatic carbocycles. The van der Waals surface area contributed by atoms with Crippen molar-refractivity contribution in [3.05, 3.63) is 60.4 Å². The Balaban J connectivity index is 1.85. The highest BCUT2D eigenvalue weighted by atomic mass is 15.2. The molecular formula is C16H23N3. The predicted octanol–water partition coefficient (Wildman–Crippen LogP) is 2.13. The maximum Gasteiger partial charge on any atom is 0.0618 e. The van der Waals surface area contributed by atoms with Gasteiger partial charge in [0.15, 0.2) is 0 Å². The summed E-state index contributed by atoms with van der Waals surface area (Å²) in [5, 5.41) is 6.98. The summed E-state index contributed by atoms with van der Waals surface area (Å²) in [4.78, 5) is 0. The molecule has 2 rings (SSSR count). The molecule has 1 aliphatic heterocycles. The molecule has 1 fully saturated rings. The minimum absolute atomic E-state index is 0.282. The molecule has 0 aromatic rings. The molecule has 0 amide bonds. The van der Waals surface area contributed by atoms with Gasteiger partial charge < -0.3 is 5.73 Å². The van der Waals surface area contributed by atoms with Gasteiger partial charge in [-0.15, -0.1) is 0 Å². The zero-order valence-corrected chi connectivity index (χ0v) is 11.4. The van der Waals surface area contributed by atoms with Crippen LogP contribution in [-0.2, 0) is 0 Å². The molecule has 1 saturated heterocycles. The van der Waals surface area contributed by atoms with E-state index in [1.165, 1.54) is 5.57 Å². The van der Waals surface area contributed by atoms with Crippen molar-refractivity contribution in [2.75, 3.05) is 6.54 Å². The molecular weight excluding hydrogens is 234 g/mol. The minimum Gasteiger partial charge on any atom is -0.402 e.